The van der Waals surface area contributed by atoms with Crippen LogP contribution in [0.2, 0.25) is 0 Å². The molecule has 0 aliphatic carbocycles. The second-order valence-electron chi connectivity index (χ2n) is 2.03. The number of halogens is 1. The summed E-state index contributed by atoms with van der Waals surface area (Å²) in [6.07, 6.45) is 2.34. The first kappa shape index (κ1) is 7.40. The Labute approximate surface area is 62.6 Å². The van der Waals surface area contributed by atoms with E-state index in [1.165, 1.54) is 13.3 Å². The van der Waals surface area contributed by atoms with Gasteiger partial charge in [0.25, 0.3) is 0 Å². The van der Waals surface area contributed by atoms with Gasteiger partial charge in [0, 0.05) is 4.76 Å². The predicted octanol–water partition coefficient (Wildman–Crippen LogP) is 0.471. The summed E-state index contributed by atoms with van der Waals surface area (Å²) in [5.41, 5.74) is 0. The molecule has 0 aromatic carbocycles. The fourth-order valence-corrected chi connectivity index (χ4v) is 0.639. The van der Waals surface area contributed by atoms with E-state index in [-0.39, 0.29) is 5.03 Å². The zero-order chi connectivity index (χ0) is 7.78. The summed E-state index contributed by atoms with van der Waals surface area (Å²) in [5.74, 6) is -0.549. The standard InChI is InChI=1S/C5H6ClN2O2/c1-8(10)5(9)2-4(6)3-7-8/h2-3,10H,1H3/q+1. The van der Waals surface area contributed by atoms with Gasteiger partial charge in [-0.3, -0.25) is 0 Å². The minimum Gasteiger partial charge on any atom is -0.220 e. The summed E-state index contributed by atoms with van der Waals surface area (Å²) in [7, 11) is 1.25. The highest BCUT2D eigenvalue weighted by Crippen LogP contribution is 2.10. The molecule has 0 aromatic heterocycles. The lowest BCUT2D eigenvalue weighted by Crippen LogP contribution is -2.41. The van der Waals surface area contributed by atoms with Crippen LogP contribution in [0, 0.1) is 0 Å². The van der Waals surface area contributed by atoms with Crippen molar-refractivity contribution in [2.24, 2.45) is 5.10 Å². The van der Waals surface area contributed by atoms with E-state index in [9.17, 15) is 4.79 Å². The molecule has 0 radical (unpaired) electrons. The van der Waals surface area contributed by atoms with Crippen LogP contribution in [0.1, 0.15) is 0 Å². The van der Waals surface area contributed by atoms with Crippen LogP contribution >= 0.6 is 11.6 Å². The molecule has 1 N–H and O–H groups in total. The maximum Gasteiger partial charge on any atom is 0.398 e. The third-order valence-corrected chi connectivity index (χ3v) is 1.29. The zero-order valence-electron chi connectivity index (χ0n) is 5.28. The molecule has 1 rings (SSSR count). The lowest BCUT2D eigenvalue weighted by atomic mass is 10.4. The number of likely N-dealkylation sites (N-methyl/N-ethyl adjacent to an activating group) is 1. The van der Waals surface area contributed by atoms with Crippen LogP contribution < -0.4 is 0 Å². The van der Waals surface area contributed by atoms with E-state index >= 15 is 0 Å². The normalized spacial score (nSPS) is 32.3. The molecule has 5 heteroatoms. The Bertz CT molecular complexity index is 232. The van der Waals surface area contributed by atoms with Crippen LogP contribution in [0.5, 0.6) is 0 Å². The molecule has 10 heavy (non-hydrogen) atoms. The molecule has 0 fully saturated rings. The smallest absolute Gasteiger partial charge is 0.220 e. The lowest BCUT2D eigenvalue weighted by Gasteiger charge is -2.14. The molecule has 1 aliphatic heterocycles. The third kappa shape index (κ3) is 1.23. The molecule has 0 saturated carbocycles. The molecule has 0 spiro atoms. The SMILES string of the molecule is C[N+]1(O)N=CC(Cl)=CC1=O. The number of rotatable bonds is 0. The van der Waals surface area contributed by atoms with E-state index in [4.69, 9.17) is 16.8 Å². The van der Waals surface area contributed by atoms with Crippen LogP contribution in [0.25, 0.3) is 0 Å². The number of nitrogens with zero attached hydrogens (tertiary/aromatic N) is 2. The van der Waals surface area contributed by atoms with Crippen molar-refractivity contribution >= 4 is 23.7 Å². The summed E-state index contributed by atoms with van der Waals surface area (Å²) >= 11 is 5.41. The third-order valence-electron chi connectivity index (χ3n) is 1.08. The fourth-order valence-electron chi connectivity index (χ4n) is 0.502. The van der Waals surface area contributed by atoms with Crippen LogP contribution in [-0.2, 0) is 4.79 Å². The monoisotopic (exact) mass is 161 g/mol. The topological polar surface area (TPSA) is 49.7 Å². The van der Waals surface area contributed by atoms with Crippen molar-refractivity contribution in [3.63, 3.8) is 0 Å². The Morgan fingerprint density at radius 3 is 2.80 bits per heavy atom. The average Bonchev–Trinajstić information content (AvgIpc) is 1.81. The molecule has 4 nitrogen and oxygen atoms in total. The van der Waals surface area contributed by atoms with E-state index in [1.807, 2.05) is 0 Å². The molecule has 0 bridgehead atoms. The number of carbonyl (C=O) groups excluding carboxylic acids is 1. The van der Waals surface area contributed by atoms with Gasteiger partial charge in [-0.2, -0.15) is 5.21 Å². The molecule has 1 unspecified atom stereocenters. The largest absolute Gasteiger partial charge is 0.398 e. The van der Waals surface area contributed by atoms with Gasteiger partial charge >= 0.3 is 5.91 Å². The van der Waals surface area contributed by atoms with Crippen molar-refractivity contribution in [1.29, 1.82) is 0 Å². The predicted molar refractivity (Wildman–Crippen MR) is 35.4 cm³/mol. The summed E-state index contributed by atoms with van der Waals surface area (Å²) in [6, 6.07) is 0. The molecular weight excluding hydrogens is 156 g/mol. The molecule has 54 valence electrons. The summed E-state index contributed by atoms with van der Waals surface area (Å²) < 4.78 is -1.00. The number of allylic oxidation sites excluding steroid dienone is 1. The Kier molecular flexibility index (Phi) is 1.60. The maximum atomic E-state index is 10.8. The molecule has 1 aliphatic rings. The van der Waals surface area contributed by atoms with E-state index in [2.05, 4.69) is 5.10 Å². The van der Waals surface area contributed by atoms with E-state index in [0.717, 1.165) is 6.08 Å². The number of hydroxylamine groups is 2. The highest BCUT2D eigenvalue weighted by atomic mass is 35.5. The maximum absolute atomic E-state index is 10.8. The molecular formula is C5H6ClN2O2+. The van der Waals surface area contributed by atoms with E-state index in [0.29, 0.717) is 0 Å². The highest BCUT2D eigenvalue weighted by Gasteiger charge is 2.30. The van der Waals surface area contributed by atoms with Crippen molar-refractivity contribution in [1.82, 2.24) is 0 Å². The van der Waals surface area contributed by atoms with Gasteiger partial charge in [-0.15, -0.1) is 0 Å². The first-order chi connectivity index (χ1) is 4.52. The minimum absolute atomic E-state index is 0.231. The Balaban J connectivity index is 2.96. The van der Waals surface area contributed by atoms with Crippen molar-refractivity contribution in [2.75, 3.05) is 7.05 Å². The molecule has 1 atom stereocenters. The Hall–Kier alpha value is -0.710. The Morgan fingerprint density at radius 2 is 2.40 bits per heavy atom. The van der Waals surface area contributed by atoms with Crippen molar-refractivity contribution in [3.8, 4) is 0 Å². The second kappa shape index (κ2) is 2.16. The number of quaternary nitrogens is 1. The van der Waals surface area contributed by atoms with Gasteiger partial charge in [0.05, 0.1) is 11.1 Å². The average molecular weight is 162 g/mol. The number of hydrogen-bond donors (Lipinski definition) is 1. The first-order valence-electron chi connectivity index (χ1n) is 2.59. The fraction of sp³-hybridized carbons (Fsp3) is 0.200. The van der Waals surface area contributed by atoms with Crippen molar-refractivity contribution in [2.45, 2.75) is 0 Å². The van der Waals surface area contributed by atoms with Gasteiger partial charge in [-0.05, 0) is 5.10 Å². The first-order valence-corrected chi connectivity index (χ1v) is 2.97. The highest BCUT2D eigenvalue weighted by molar-refractivity contribution is 6.40. The van der Waals surface area contributed by atoms with Gasteiger partial charge in [0.15, 0.2) is 0 Å². The molecule has 1 heterocycles. The van der Waals surface area contributed by atoms with E-state index in [1.54, 1.807) is 0 Å². The van der Waals surface area contributed by atoms with Gasteiger partial charge in [0.2, 0.25) is 0 Å². The summed E-state index contributed by atoms with van der Waals surface area (Å²) in [6.45, 7) is 0. The van der Waals surface area contributed by atoms with Crippen LogP contribution in [0.3, 0.4) is 0 Å². The van der Waals surface area contributed by atoms with Gasteiger partial charge in [-0.1, -0.05) is 11.6 Å². The van der Waals surface area contributed by atoms with Crippen LogP contribution in [-0.4, -0.2) is 29.1 Å². The van der Waals surface area contributed by atoms with Crippen LogP contribution in [0.15, 0.2) is 16.2 Å². The van der Waals surface area contributed by atoms with Crippen LogP contribution in [0.4, 0.5) is 0 Å². The molecule has 0 aromatic rings. The van der Waals surface area contributed by atoms with Gasteiger partial charge in [0.1, 0.15) is 13.3 Å². The quantitative estimate of drug-likeness (QED) is 0.415. The number of amides is 1. The lowest BCUT2D eigenvalue weighted by molar-refractivity contribution is -1.03. The molecule has 0 saturated heterocycles. The zero-order valence-corrected chi connectivity index (χ0v) is 6.04. The number of hydrogen-bond acceptors (Lipinski definition) is 3. The van der Waals surface area contributed by atoms with Gasteiger partial charge < -0.3 is 0 Å². The van der Waals surface area contributed by atoms with E-state index < -0.39 is 10.7 Å². The number of carbonyl (C=O) groups is 1. The van der Waals surface area contributed by atoms with Crippen molar-refractivity contribution in [3.05, 3.63) is 11.1 Å². The summed E-state index contributed by atoms with van der Waals surface area (Å²) in [4.78, 5) is 10.8. The Morgan fingerprint density at radius 1 is 1.80 bits per heavy atom. The van der Waals surface area contributed by atoms with Gasteiger partial charge in [-0.25, -0.2) is 4.79 Å². The van der Waals surface area contributed by atoms with Crippen molar-refractivity contribution < 1.29 is 14.8 Å². The molecule has 1 amide bonds. The second-order valence-corrected chi connectivity index (χ2v) is 2.46. The minimum atomic E-state index is -1.00. The summed E-state index contributed by atoms with van der Waals surface area (Å²) in [5, 5.41) is 12.7.